The average Bonchev–Trinajstić information content (AvgIpc) is 1.69. The quantitative estimate of drug-likeness (QED) is 0.118. The van der Waals surface area contributed by atoms with Gasteiger partial charge in [-0.2, -0.15) is 0 Å². The molecule has 99 heavy (non-hydrogen) atoms. The third kappa shape index (κ3) is 18.3. The van der Waals surface area contributed by atoms with Crippen LogP contribution in [0.1, 0.15) is 105 Å². The van der Waals surface area contributed by atoms with E-state index in [4.69, 9.17) is 14.2 Å². The van der Waals surface area contributed by atoms with Crippen molar-refractivity contribution in [2.24, 2.45) is 0 Å². The van der Waals surface area contributed by atoms with E-state index in [1.165, 1.54) is 31.1 Å². The molecule has 6 aliphatic heterocycles. The number of hydrogen-bond acceptors (Lipinski definition) is 14. The van der Waals surface area contributed by atoms with E-state index in [2.05, 4.69) is 43.0 Å². The van der Waals surface area contributed by atoms with Gasteiger partial charge in [-0.25, -0.2) is 4.39 Å². The van der Waals surface area contributed by atoms with Gasteiger partial charge in [0, 0.05) is 88.6 Å². The normalized spacial score (nSPS) is 25.8. The van der Waals surface area contributed by atoms with E-state index in [1.807, 2.05) is 28.8 Å². The van der Waals surface area contributed by atoms with E-state index < -0.39 is 120 Å². The van der Waals surface area contributed by atoms with Gasteiger partial charge in [0.1, 0.15) is 60.5 Å². The first-order valence-electron chi connectivity index (χ1n) is 34.4. The zero-order valence-electron chi connectivity index (χ0n) is 56.5. The first-order valence-corrected chi connectivity index (χ1v) is 34.4. The molecule has 26 nitrogen and oxygen atoms in total. The lowest BCUT2D eigenvalue weighted by Crippen LogP contribution is -2.66. The maximum atomic E-state index is 16.0. The highest BCUT2D eigenvalue weighted by atomic mass is 19.1. The molecule has 1 aromatic heterocycles. The summed E-state index contributed by atoms with van der Waals surface area (Å²) in [5.41, 5.74) is 7.09. The topological polar surface area (TPSA) is 345 Å². The number of nitrogens with one attached hydrogen (secondary N) is 7. The molecule has 10 amide bonds. The number of carbonyl (C=O) groups excluding carboxylic acids is 10. The number of nitrogens with zero attached hydrogens (tertiary/aromatic N) is 4. The molecule has 0 saturated carbocycles. The number of ether oxygens (including phenoxy) is 3. The SMILES string of the molecule is COc1ccc(C[C@@H]2NC(=O)[C@H]([C@@H](C)O)NC(=O)[C@@H]3[C@@H]4CCN3C(=O)[C@@H]3Cc5cn(c6ccc(F)cc56)CCCCCCN(Cc5ccc(cc5)CCNC(=O)[C@]5(C)CCCN5C2=O)C(=O)CCOCCC(=O)N[C@H](C[NH3+])C(=O)N[C@@H](Cc2cccc(c2)CNC(=O)CO4)C(=O)N3)cc1. The number of carbonyl (C=O) groups is 10. The van der Waals surface area contributed by atoms with Crippen LogP contribution >= 0.6 is 0 Å². The van der Waals surface area contributed by atoms with Crippen LogP contribution in [-0.2, 0) is 103 Å². The van der Waals surface area contributed by atoms with Crippen LogP contribution in [0.3, 0.4) is 0 Å². The van der Waals surface area contributed by atoms with Crippen LogP contribution in [0.25, 0.3) is 10.9 Å². The molecular formula is C72H92FN12O14+. The molecular weight excluding hydrogens is 1280 g/mol. The van der Waals surface area contributed by atoms with Gasteiger partial charge in [-0.15, -0.1) is 0 Å². The summed E-state index contributed by atoms with van der Waals surface area (Å²) in [6.07, 6.45) is 2.01. The van der Waals surface area contributed by atoms with Gasteiger partial charge in [-0.05, 0) is 116 Å². The first-order chi connectivity index (χ1) is 47.7. The van der Waals surface area contributed by atoms with Gasteiger partial charge < -0.3 is 81.5 Å². The molecule has 530 valence electrons. The Kier molecular flexibility index (Phi) is 24.5. The fraction of sp³-hybridized carbons (Fsp3) is 0.500. The second-order valence-corrected chi connectivity index (χ2v) is 26.5. The first kappa shape index (κ1) is 72.4. The minimum Gasteiger partial charge on any atom is -0.497 e. The summed E-state index contributed by atoms with van der Waals surface area (Å²) in [6.45, 7) is 3.40. The van der Waals surface area contributed by atoms with Gasteiger partial charge in [0.05, 0.1) is 39.0 Å². The number of fused-ring (bicyclic) bond motifs is 16. The highest BCUT2D eigenvalue weighted by Gasteiger charge is 2.49. The number of methoxy groups -OCH3 is 1. The molecule has 12 bridgehead atoms. The lowest BCUT2D eigenvalue weighted by atomic mass is 9.95. The molecule has 7 heterocycles. The van der Waals surface area contributed by atoms with E-state index >= 15 is 28.4 Å². The van der Waals surface area contributed by atoms with Gasteiger partial charge >= 0.3 is 0 Å². The maximum absolute atomic E-state index is 16.0. The molecule has 0 unspecified atom stereocenters. The summed E-state index contributed by atoms with van der Waals surface area (Å²) < 4.78 is 35.1. The molecule has 27 heteroatoms. The molecule has 9 atom stereocenters. The van der Waals surface area contributed by atoms with E-state index in [0.717, 1.165) is 28.9 Å². The molecule has 0 spiro atoms. The molecule has 11 rings (SSSR count). The number of rotatable bonds is 5. The van der Waals surface area contributed by atoms with E-state index in [-0.39, 0.29) is 90.4 Å². The van der Waals surface area contributed by atoms with Gasteiger partial charge in [0.2, 0.25) is 59.1 Å². The Morgan fingerprint density at radius 2 is 1.42 bits per heavy atom. The largest absolute Gasteiger partial charge is 0.497 e. The number of aliphatic hydroxyl groups excluding tert-OH is 1. The number of benzene rings is 4. The zero-order valence-corrected chi connectivity index (χ0v) is 56.5. The van der Waals surface area contributed by atoms with E-state index in [1.54, 1.807) is 72.6 Å². The minimum absolute atomic E-state index is 0.00628. The smallest absolute Gasteiger partial charge is 0.249 e. The van der Waals surface area contributed by atoms with Crippen molar-refractivity contribution in [1.82, 2.24) is 56.5 Å². The fourth-order valence-electron chi connectivity index (χ4n) is 13.8. The van der Waals surface area contributed by atoms with Crippen LogP contribution in [0.15, 0.2) is 97.2 Å². The Balaban J connectivity index is 1.07. The Morgan fingerprint density at radius 3 is 2.18 bits per heavy atom. The monoisotopic (exact) mass is 1370 g/mol. The third-order valence-electron chi connectivity index (χ3n) is 19.4. The van der Waals surface area contributed by atoms with E-state index in [9.17, 15) is 29.1 Å². The van der Waals surface area contributed by atoms with Crippen LogP contribution < -0.4 is 47.7 Å². The fourth-order valence-corrected chi connectivity index (χ4v) is 13.8. The number of amides is 10. The van der Waals surface area contributed by atoms with E-state index in [0.29, 0.717) is 90.6 Å². The number of aromatic nitrogens is 1. The Labute approximate surface area is 574 Å². The molecule has 5 aromatic rings. The van der Waals surface area contributed by atoms with Crippen LogP contribution in [-0.4, -0.2) is 197 Å². The lowest BCUT2D eigenvalue weighted by Gasteiger charge is -2.37. The molecule has 11 N–H and O–H groups in total. The summed E-state index contributed by atoms with van der Waals surface area (Å²) in [5, 5.41) is 31.7. The third-order valence-corrected chi connectivity index (χ3v) is 19.4. The molecule has 6 aliphatic rings. The standard InChI is InChI=1S/C72H91FN12O14/c1-44(86)63-67(92)80-55(35-46-16-19-52(97-3)20-17-46)70(95)85-30-9-26-72(85,2)71(96)75-27-22-45-12-14-47(15-13-45)41-83-29-7-5-4-6-28-82-42-50(53-38-51(73)18-21-58(53)82)37-56-69(94)84-31-23-59(64(84)68(93)81-63)99-43-61(88)76-40-49-11-8-10-48(34-49)36-54(65(90)79-56)78-66(91)57(39-74)77-60(87)24-32-98-33-25-62(83)89/h8,10-21,34,38,42,44,54-57,59,63-64,86H,4-7,9,22-33,35-37,39-41,43,74H2,1-3H3,(H,75,96)(H,76,88)(H,77,87)(H,78,91)(H,79,90)(H,80,92)(H,81,93)/p+1/t44-,54+,55+,56+,57-,59+,63+,64+,72+/m1/s1. The summed E-state index contributed by atoms with van der Waals surface area (Å²) in [4.78, 5) is 152. The minimum atomic E-state index is -1.81. The van der Waals surface area contributed by atoms with Crippen LogP contribution in [0.2, 0.25) is 0 Å². The molecule has 4 aromatic carbocycles. The summed E-state index contributed by atoms with van der Waals surface area (Å²) in [5.74, 6) is -6.93. The van der Waals surface area contributed by atoms with Crippen molar-refractivity contribution in [3.63, 3.8) is 0 Å². The number of aliphatic hydroxyl groups is 1. The maximum Gasteiger partial charge on any atom is 0.249 e. The number of aryl methyl sites for hydroxylation is 1. The molecule has 0 radical (unpaired) electrons. The summed E-state index contributed by atoms with van der Waals surface area (Å²) >= 11 is 0. The molecule has 2 saturated heterocycles. The lowest BCUT2D eigenvalue weighted by molar-refractivity contribution is -0.370. The predicted octanol–water partition coefficient (Wildman–Crippen LogP) is 0.932. The second kappa shape index (κ2) is 33.5. The van der Waals surface area contributed by atoms with Crippen molar-refractivity contribution < 1.29 is 77.4 Å². The zero-order chi connectivity index (χ0) is 70.3. The van der Waals surface area contributed by atoms with Gasteiger partial charge in [-0.3, -0.25) is 47.9 Å². The number of halogens is 1. The number of hydrogen-bond donors (Lipinski definition) is 9. The summed E-state index contributed by atoms with van der Waals surface area (Å²) in [6, 6.07) is 16.5. The van der Waals surface area contributed by atoms with Crippen molar-refractivity contribution in [2.75, 3.05) is 59.7 Å². The molecule has 0 aliphatic carbocycles. The van der Waals surface area contributed by atoms with Gasteiger partial charge in [0.25, 0.3) is 0 Å². The second-order valence-electron chi connectivity index (χ2n) is 26.5. The highest BCUT2D eigenvalue weighted by molar-refractivity contribution is 5.99. The van der Waals surface area contributed by atoms with Crippen molar-refractivity contribution in [1.29, 1.82) is 0 Å². The van der Waals surface area contributed by atoms with Crippen LogP contribution in [0.5, 0.6) is 5.75 Å². The van der Waals surface area contributed by atoms with Crippen molar-refractivity contribution in [3.05, 3.63) is 136 Å². The van der Waals surface area contributed by atoms with Crippen molar-refractivity contribution in [3.8, 4) is 5.75 Å². The van der Waals surface area contributed by atoms with Gasteiger partial charge in [0.15, 0.2) is 6.04 Å². The van der Waals surface area contributed by atoms with Gasteiger partial charge in [-0.1, -0.05) is 73.5 Å². The van der Waals surface area contributed by atoms with Crippen molar-refractivity contribution >= 4 is 70.0 Å². The Morgan fingerprint density at radius 1 is 0.687 bits per heavy atom. The Bertz CT molecular complexity index is 3760. The average molecular weight is 1370 g/mol. The Hall–Kier alpha value is -9.31. The van der Waals surface area contributed by atoms with Crippen molar-refractivity contribution in [2.45, 2.75) is 171 Å². The van der Waals surface area contributed by atoms with Crippen LogP contribution in [0, 0.1) is 5.82 Å². The molecule has 2 fully saturated rings. The van der Waals surface area contributed by atoms with Crippen LogP contribution in [0.4, 0.5) is 4.39 Å². The predicted molar refractivity (Wildman–Crippen MR) is 360 cm³/mol. The number of quaternary nitrogens is 1. The summed E-state index contributed by atoms with van der Waals surface area (Å²) in [7, 11) is 1.50. The highest BCUT2D eigenvalue weighted by Crippen LogP contribution is 2.32.